The zero-order valence-electron chi connectivity index (χ0n) is 11.7. The van der Waals surface area contributed by atoms with Crippen molar-refractivity contribution in [1.29, 1.82) is 0 Å². The number of hydrogen-bond acceptors (Lipinski definition) is 5. The first-order valence-electron chi connectivity index (χ1n) is 6.86. The molecule has 0 saturated carbocycles. The third-order valence-corrected chi connectivity index (χ3v) is 2.66. The summed E-state index contributed by atoms with van der Waals surface area (Å²) in [7, 11) is 0. The van der Waals surface area contributed by atoms with Gasteiger partial charge in [0.25, 0.3) is 0 Å². The zero-order valence-corrected chi connectivity index (χ0v) is 11.7. The van der Waals surface area contributed by atoms with Crippen LogP contribution in [0.25, 0.3) is 0 Å². The molecule has 0 fully saturated rings. The van der Waals surface area contributed by atoms with Crippen LogP contribution in [0.5, 0.6) is 5.75 Å². The van der Waals surface area contributed by atoms with Crippen molar-refractivity contribution >= 4 is 11.6 Å². The first-order chi connectivity index (χ1) is 9.88. The number of nitrogens with zero attached hydrogens (tertiary/aromatic N) is 2. The standard InChI is InChI=1S/C15H20N4O/c1-2-16-14-11-15(19-12-18-14)17-9-6-10-20-13-7-4-3-5-8-13/h3-5,7-8,11-12H,2,6,9-10H2,1H3,(H2,16,17,18,19). The molecule has 5 heteroatoms. The van der Waals surface area contributed by atoms with E-state index in [0.717, 1.165) is 36.9 Å². The highest BCUT2D eigenvalue weighted by molar-refractivity contribution is 5.46. The minimum atomic E-state index is 0.683. The summed E-state index contributed by atoms with van der Waals surface area (Å²) in [5.41, 5.74) is 0. The van der Waals surface area contributed by atoms with E-state index >= 15 is 0 Å². The Labute approximate surface area is 119 Å². The van der Waals surface area contributed by atoms with Gasteiger partial charge in [0.1, 0.15) is 23.7 Å². The Kier molecular flexibility index (Phi) is 5.64. The molecular weight excluding hydrogens is 252 g/mol. The van der Waals surface area contributed by atoms with Crippen LogP contribution < -0.4 is 15.4 Å². The van der Waals surface area contributed by atoms with Crippen LogP contribution in [0.4, 0.5) is 11.6 Å². The number of aromatic nitrogens is 2. The van der Waals surface area contributed by atoms with Crippen molar-refractivity contribution in [3.05, 3.63) is 42.7 Å². The van der Waals surface area contributed by atoms with Crippen molar-refractivity contribution in [2.24, 2.45) is 0 Å². The Bertz CT molecular complexity index is 504. The largest absolute Gasteiger partial charge is 0.494 e. The minimum Gasteiger partial charge on any atom is -0.494 e. The maximum atomic E-state index is 5.62. The van der Waals surface area contributed by atoms with Gasteiger partial charge in [0, 0.05) is 19.2 Å². The lowest BCUT2D eigenvalue weighted by Crippen LogP contribution is -2.09. The smallest absolute Gasteiger partial charge is 0.131 e. The number of ether oxygens (including phenoxy) is 1. The summed E-state index contributed by atoms with van der Waals surface area (Å²) >= 11 is 0. The normalized spacial score (nSPS) is 10.1. The zero-order chi connectivity index (χ0) is 14.0. The molecule has 0 atom stereocenters. The number of para-hydroxylation sites is 1. The maximum absolute atomic E-state index is 5.62. The second-order valence-corrected chi connectivity index (χ2v) is 4.26. The Morgan fingerprint density at radius 1 is 1.05 bits per heavy atom. The van der Waals surface area contributed by atoms with Crippen molar-refractivity contribution in [2.45, 2.75) is 13.3 Å². The molecular formula is C15H20N4O. The molecule has 0 saturated heterocycles. The van der Waals surface area contributed by atoms with Crippen LogP contribution in [-0.4, -0.2) is 29.7 Å². The monoisotopic (exact) mass is 272 g/mol. The fourth-order valence-electron chi connectivity index (χ4n) is 1.73. The van der Waals surface area contributed by atoms with E-state index in [0.29, 0.717) is 6.61 Å². The van der Waals surface area contributed by atoms with Gasteiger partial charge in [-0.05, 0) is 25.5 Å². The first-order valence-corrected chi connectivity index (χ1v) is 6.86. The summed E-state index contributed by atoms with van der Waals surface area (Å²) in [6.45, 7) is 4.38. The molecule has 0 aliphatic rings. The van der Waals surface area contributed by atoms with Crippen LogP contribution in [0.2, 0.25) is 0 Å². The Hall–Kier alpha value is -2.30. The summed E-state index contributed by atoms with van der Waals surface area (Å²) in [6.07, 6.45) is 2.47. The lowest BCUT2D eigenvalue weighted by molar-refractivity contribution is 0.315. The summed E-state index contributed by atoms with van der Waals surface area (Å²) in [5, 5.41) is 6.41. The van der Waals surface area contributed by atoms with E-state index < -0.39 is 0 Å². The Balaban J connectivity index is 1.67. The van der Waals surface area contributed by atoms with Gasteiger partial charge in [-0.25, -0.2) is 9.97 Å². The van der Waals surface area contributed by atoms with E-state index in [1.54, 1.807) is 6.33 Å². The lowest BCUT2D eigenvalue weighted by Gasteiger charge is -2.08. The van der Waals surface area contributed by atoms with E-state index in [9.17, 15) is 0 Å². The highest BCUT2D eigenvalue weighted by Gasteiger charge is 1.97. The molecule has 2 rings (SSSR count). The van der Waals surface area contributed by atoms with Gasteiger partial charge in [0.05, 0.1) is 6.61 Å². The molecule has 5 nitrogen and oxygen atoms in total. The summed E-state index contributed by atoms with van der Waals surface area (Å²) in [5.74, 6) is 2.57. The molecule has 1 heterocycles. The van der Waals surface area contributed by atoms with E-state index in [4.69, 9.17) is 4.74 Å². The van der Waals surface area contributed by atoms with Crippen molar-refractivity contribution in [3.63, 3.8) is 0 Å². The van der Waals surface area contributed by atoms with Crippen LogP contribution in [0.15, 0.2) is 42.7 Å². The third kappa shape index (κ3) is 4.76. The SMILES string of the molecule is CCNc1cc(NCCCOc2ccccc2)ncn1. The predicted molar refractivity (Wildman–Crippen MR) is 81.2 cm³/mol. The molecule has 1 aromatic heterocycles. The van der Waals surface area contributed by atoms with Gasteiger partial charge in [-0.1, -0.05) is 18.2 Å². The molecule has 0 radical (unpaired) electrons. The van der Waals surface area contributed by atoms with Gasteiger partial charge in [-0.2, -0.15) is 0 Å². The van der Waals surface area contributed by atoms with Crippen molar-refractivity contribution < 1.29 is 4.74 Å². The number of hydrogen-bond donors (Lipinski definition) is 2. The van der Waals surface area contributed by atoms with Crippen molar-refractivity contribution in [1.82, 2.24) is 9.97 Å². The molecule has 0 spiro atoms. The number of benzene rings is 1. The van der Waals surface area contributed by atoms with Gasteiger partial charge < -0.3 is 15.4 Å². The Morgan fingerprint density at radius 3 is 2.55 bits per heavy atom. The summed E-state index contributed by atoms with van der Waals surface area (Å²) in [6, 6.07) is 11.7. The Morgan fingerprint density at radius 2 is 1.80 bits per heavy atom. The van der Waals surface area contributed by atoms with Gasteiger partial charge in [-0.15, -0.1) is 0 Å². The average Bonchev–Trinajstić information content (AvgIpc) is 2.49. The van der Waals surface area contributed by atoms with Crippen LogP contribution >= 0.6 is 0 Å². The predicted octanol–water partition coefficient (Wildman–Crippen LogP) is 2.79. The molecule has 0 bridgehead atoms. The van der Waals surface area contributed by atoms with Gasteiger partial charge >= 0.3 is 0 Å². The molecule has 0 unspecified atom stereocenters. The quantitative estimate of drug-likeness (QED) is 0.724. The van der Waals surface area contributed by atoms with E-state index in [-0.39, 0.29) is 0 Å². The van der Waals surface area contributed by atoms with E-state index in [1.807, 2.05) is 43.3 Å². The number of anilines is 2. The second kappa shape index (κ2) is 7.99. The van der Waals surface area contributed by atoms with E-state index in [2.05, 4.69) is 20.6 Å². The minimum absolute atomic E-state index is 0.683. The fourth-order valence-corrected chi connectivity index (χ4v) is 1.73. The van der Waals surface area contributed by atoms with Crippen molar-refractivity contribution in [3.8, 4) is 5.75 Å². The topological polar surface area (TPSA) is 59.1 Å². The van der Waals surface area contributed by atoms with E-state index in [1.165, 1.54) is 0 Å². The first kappa shape index (κ1) is 14.1. The maximum Gasteiger partial charge on any atom is 0.131 e. The van der Waals surface area contributed by atoms with Crippen molar-refractivity contribution in [2.75, 3.05) is 30.3 Å². The fraction of sp³-hybridized carbons (Fsp3) is 0.333. The highest BCUT2D eigenvalue weighted by atomic mass is 16.5. The summed E-state index contributed by atoms with van der Waals surface area (Å²) < 4.78 is 5.62. The molecule has 0 amide bonds. The molecule has 106 valence electrons. The molecule has 0 aliphatic carbocycles. The van der Waals surface area contributed by atoms with Gasteiger partial charge in [0.2, 0.25) is 0 Å². The van der Waals surface area contributed by atoms with Crippen LogP contribution in [-0.2, 0) is 0 Å². The molecule has 2 N–H and O–H groups in total. The molecule has 20 heavy (non-hydrogen) atoms. The van der Waals surface area contributed by atoms with Crippen LogP contribution in [0.3, 0.4) is 0 Å². The molecule has 1 aromatic carbocycles. The van der Waals surface area contributed by atoms with Gasteiger partial charge in [0.15, 0.2) is 0 Å². The summed E-state index contributed by atoms with van der Waals surface area (Å²) in [4.78, 5) is 8.30. The van der Waals surface area contributed by atoms with Crippen LogP contribution in [0.1, 0.15) is 13.3 Å². The average molecular weight is 272 g/mol. The number of nitrogens with one attached hydrogen (secondary N) is 2. The van der Waals surface area contributed by atoms with Gasteiger partial charge in [-0.3, -0.25) is 0 Å². The molecule has 0 aliphatic heterocycles. The molecule has 2 aromatic rings. The highest BCUT2D eigenvalue weighted by Crippen LogP contribution is 2.09. The number of rotatable bonds is 8. The third-order valence-electron chi connectivity index (χ3n) is 2.66. The second-order valence-electron chi connectivity index (χ2n) is 4.26. The van der Waals surface area contributed by atoms with Crippen LogP contribution in [0, 0.1) is 0 Å². The lowest BCUT2D eigenvalue weighted by atomic mass is 10.3.